The maximum atomic E-state index is 12.7. The van der Waals surface area contributed by atoms with Crippen LogP contribution in [0, 0.1) is 5.92 Å². The monoisotopic (exact) mass is 449 g/mol. The number of amides is 1. The largest absolute Gasteiger partial charge is 0.353 e. The van der Waals surface area contributed by atoms with Crippen molar-refractivity contribution < 1.29 is 4.79 Å². The number of likely N-dealkylation sites (tertiary alicyclic amines) is 1. The van der Waals surface area contributed by atoms with Crippen LogP contribution in [0.2, 0.25) is 5.02 Å². The van der Waals surface area contributed by atoms with E-state index in [1.165, 1.54) is 29.4 Å². The second-order valence-electron chi connectivity index (χ2n) is 9.41. The summed E-state index contributed by atoms with van der Waals surface area (Å²) in [6.07, 6.45) is 6.71. The summed E-state index contributed by atoms with van der Waals surface area (Å²) in [5.74, 6) is 0.449. The molecule has 0 bridgehead atoms. The molecule has 168 valence electrons. The first-order chi connectivity index (χ1) is 15.7. The van der Waals surface area contributed by atoms with Gasteiger partial charge in [-0.25, -0.2) is 0 Å². The van der Waals surface area contributed by atoms with E-state index in [0.717, 1.165) is 62.4 Å². The normalized spacial score (nSPS) is 18.4. The van der Waals surface area contributed by atoms with Gasteiger partial charge in [-0.15, -0.1) is 0 Å². The highest BCUT2D eigenvalue weighted by atomic mass is 35.5. The number of carbonyl (C=O) groups is 1. The third-order valence-electron chi connectivity index (χ3n) is 7.23. The first kappa shape index (κ1) is 21.5. The Bertz CT molecular complexity index is 1080. The molecule has 1 aliphatic carbocycles. The summed E-state index contributed by atoms with van der Waals surface area (Å²) < 4.78 is 2.40. The van der Waals surface area contributed by atoms with E-state index in [1.807, 2.05) is 18.2 Å². The summed E-state index contributed by atoms with van der Waals surface area (Å²) >= 11 is 6.48. The number of fused-ring (bicyclic) bond motifs is 1. The minimum Gasteiger partial charge on any atom is -0.353 e. The van der Waals surface area contributed by atoms with Crippen molar-refractivity contribution in [2.75, 3.05) is 13.1 Å². The van der Waals surface area contributed by atoms with Gasteiger partial charge < -0.3 is 9.88 Å². The Kier molecular flexibility index (Phi) is 6.52. The lowest BCUT2D eigenvalue weighted by Gasteiger charge is -2.32. The molecule has 2 aliphatic rings. The van der Waals surface area contributed by atoms with Gasteiger partial charge >= 0.3 is 0 Å². The second-order valence-corrected chi connectivity index (χ2v) is 9.82. The van der Waals surface area contributed by atoms with Gasteiger partial charge in [-0.3, -0.25) is 9.69 Å². The fourth-order valence-electron chi connectivity index (χ4n) is 5.35. The number of benzene rings is 2. The molecule has 0 radical (unpaired) electrons. The van der Waals surface area contributed by atoms with Crippen molar-refractivity contribution in [1.29, 1.82) is 0 Å². The first-order valence-corrected chi connectivity index (χ1v) is 12.4. The number of nitrogens with zero attached hydrogens (tertiary/aromatic N) is 2. The van der Waals surface area contributed by atoms with Crippen molar-refractivity contribution >= 4 is 28.4 Å². The van der Waals surface area contributed by atoms with E-state index in [1.54, 1.807) is 0 Å². The van der Waals surface area contributed by atoms with E-state index < -0.39 is 0 Å². The highest BCUT2D eigenvalue weighted by Crippen LogP contribution is 2.27. The van der Waals surface area contributed by atoms with Crippen LogP contribution >= 0.6 is 11.6 Å². The summed E-state index contributed by atoms with van der Waals surface area (Å²) in [4.78, 5) is 15.2. The van der Waals surface area contributed by atoms with Crippen molar-refractivity contribution in [3.63, 3.8) is 0 Å². The molecule has 5 heteroatoms. The summed E-state index contributed by atoms with van der Waals surface area (Å²) in [6, 6.07) is 19.4. The topological polar surface area (TPSA) is 37.3 Å². The molecule has 1 saturated carbocycles. The first-order valence-electron chi connectivity index (χ1n) is 12.0. The molecular weight excluding hydrogens is 418 g/mol. The predicted octanol–water partition coefficient (Wildman–Crippen LogP) is 5.61. The maximum Gasteiger partial charge on any atom is 0.223 e. The maximum absolute atomic E-state index is 12.7. The molecule has 1 aliphatic heterocycles. The minimum absolute atomic E-state index is 0.167. The summed E-state index contributed by atoms with van der Waals surface area (Å²) in [6.45, 7) is 3.60. The molecule has 1 aromatic heterocycles. The Hall–Kier alpha value is -2.30. The van der Waals surface area contributed by atoms with E-state index in [2.05, 4.69) is 51.2 Å². The molecule has 0 atom stereocenters. The number of para-hydroxylation sites is 1. The zero-order valence-corrected chi connectivity index (χ0v) is 19.4. The van der Waals surface area contributed by atoms with Crippen LogP contribution in [-0.2, 0) is 17.9 Å². The standard InChI is InChI=1S/C27H32ClN3O/c28-25-11-5-1-8-22(25)18-31-24(17-21-7-2-6-12-26(21)31)19-30-15-13-20(14-16-30)27(32)29-23-9-3-4-10-23/h1-2,5-8,11-12,17,20,23H,3-4,9-10,13-16,18-19H2,(H,29,32). The number of piperidine rings is 1. The van der Waals surface area contributed by atoms with E-state index in [0.29, 0.717) is 6.04 Å². The lowest BCUT2D eigenvalue weighted by molar-refractivity contribution is -0.127. The average Bonchev–Trinajstić information content (AvgIpc) is 3.44. The number of rotatable bonds is 6. The predicted molar refractivity (Wildman–Crippen MR) is 131 cm³/mol. The molecule has 5 rings (SSSR count). The zero-order valence-electron chi connectivity index (χ0n) is 18.6. The van der Waals surface area contributed by atoms with Gasteiger partial charge in [0.15, 0.2) is 0 Å². The SMILES string of the molecule is O=C(NC1CCCC1)C1CCN(Cc2cc3ccccc3n2Cc2ccccc2Cl)CC1. The van der Waals surface area contributed by atoms with Crippen LogP contribution in [0.4, 0.5) is 0 Å². The van der Waals surface area contributed by atoms with Crippen LogP contribution in [0.5, 0.6) is 0 Å². The summed E-state index contributed by atoms with van der Waals surface area (Å²) in [7, 11) is 0. The number of halogens is 1. The van der Waals surface area contributed by atoms with Crippen molar-refractivity contribution in [3.05, 3.63) is 70.9 Å². The Morgan fingerprint density at radius 2 is 1.66 bits per heavy atom. The van der Waals surface area contributed by atoms with Crippen molar-refractivity contribution in [1.82, 2.24) is 14.8 Å². The smallest absolute Gasteiger partial charge is 0.223 e. The Balaban J connectivity index is 1.27. The molecule has 1 amide bonds. The minimum atomic E-state index is 0.167. The van der Waals surface area contributed by atoms with E-state index >= 15 is 0 Å². The van der Waals surface area contributed by atoms with Gasteiger partial charge in [0.25, 0.3) is 0 Å². The third kappa shape index (κ3) is 4.72. The molecule has 2 aromatic carbocycles. The highest BCUT2D eigenvalue weighted by Gasteiger charge is 2.28. The Morgan fingerprint density at radius 1 is 0.938 bits per heavy atom. The van der Waals surface area contributed by atoms with Gasteiger partial charge in [-0.2, -0.15) is 0 Å². The lowest BCUT2D eigenvalue weighted by atomic mass is 9.95. The van der Waals surface area contributed by atoms with Gasteiger partial charge in [0.05, 0.1) is 0 Å². The van der Waals surface area contributed by atoms with E-state index in [9.17, 15) is 4.79 Å². The molecule has 2 heterocycles. The van der Waals surface area contributed by atoms with Crippen LogP contribution in [0.15, 0.2) is 54.6 Å². The summed E-state index contributed by atoms with van der Waals surface area (Å²) in [5.41, 5.74) is 3.69. The van der Waals surface area contributed by atoms with E-state index in [-0.39, 0.29) is 11.8 Å². The number of aromatic nitrogens is 1. The van der Waals surface area contributed by atoms with Gasteiger partial charge in [0.1, 0.15) is 0 Å². The number of hydrogen-bond acceptors (Lipinski definition) is 2. The number of nitrogens with one attached hydrogen (secondary N) is 1. The van der Waals surface area contributed by atoms with E-state index in [4.69, 9.17) is 11.6 Å². The van der Waals surface area contributed by atoms with Crippen molar-refractivity contribution in [2.45, 2.75) is 57.7 Å². The molecule has 0 unspecified atom stereocenters. The van der Waals surface area contributed by atoms with Gasteiger partial charge in [-0.1, -0.05) is 60.8 Å². The molecule has 32 heavy (non-hydrogen) atoms. The van der Waals surface area contributed by atoms with Crippen LogP contribution in [-0.4, -0.2) is 34.5 Å². The summed E-state index contributed by atoms with van der Waals surface area (Å²) in [5, 5.41) is 5.37. The molecule has 2 fully saturated rings. The number of carbonyl (C=O) groups excluding carboxylic acids is 1. The van der Waals surface area contributed by atoms with Crippen LogP contribution in [0.25, 0.3) is 10.9 Å². The fraction of sp³-hybridized carbons (Fsp3) is 0.444. The van der Waals surface area contributed by atoms with Crippen molar-refractivity contribution in [3.8, 4) is 0 Å². The average molecular weight is 450 g/mol. The van der Waals surface area contributed by atoms with Gasteiger partial charge in [0.2, 0.25) is 5.91 Å². The molecule has 3 aromatic rings. The zero-order chi connectivity index (χ0) is 21.9. The molecule has 1 N–H and O–H groups in total. The van der Waals surface area contributed by atoms with Crippen LogP contribution in [0.3, 0.4) is 0 Å². The van der Waals surface area contributed by atoms with Gasteiger partial charge in [0, 0.05) is 41.3 Å². The Morgan fingerprint density at radius 3 is 2.44 bits per heavy atom. The second kappa shape index (κ2) is 9.68. The Labute approximate surface area is 195 Å². The van der Waals surface area contributed by atoms with Crippen molar-refractivity contribution in [2.24, 2.45) is 5.92 Å². The quantitative estimate of drug-likeness (QED) is 0.530. The molecule has 1 saturated heterocycles. The third-order valence-corrected chi connectivity index (χ3v) is 7.60. The molecule has 4 nitrogen and oxygen atoms in total. The van der Waals surface area contributed by atoms with Crippen LogP contribution < -0.4 is 5.32 Å². The lowest BCUT2D eigenvalue weighted by Crippen LogP contribution is -2.43. The molecule has 0 spiro atoms. The van der Waals surface area contributed by atoms with Crippen LogP contribution in [0.1, 0.15) is 49.8 Å². The van der Waals surface area contributed by atoms with Gasteiger partial charge in [-0.05, 0) is 67.9 Å². The number of hydrogen-bond donors (Lipinski definition) is 1. The highest BCUT2D eigenvalue weighted by molar-refractivity contribution is 6.31. The molecular formula is C27H32ClN3O. The fourth-order valence-corrected chi connectivity index (χ4v) is 5.55.